The highest BCUT2D eigenvalue weighted by molar-refractivity contribution is 7.89. The molecule has 0 unspecified atom stereocenters. The lowest BCUT2D eigenvalue weighted by atomic mass is 10.2. The summed E-state index contributed by atoms with van der Waals surface area (Å²) in [5, 5.41) is 10.7. The fourth-order valence-electron chi connectivity index (χ4n) is 2.17. The first-order valence-corrected chi connectivity index (χ1v) is 9.76. The van der Waals surface area contributed by atoms with E-state index in [0.29, 0.717) is 0 Å². The largest absolute Gasteiger partial charge is 0.273 e. The van der Waals surface area contributed by atoms with Crippen LogP contribution in [0.2, 0.25) is 0 Å². The van der Waals surface area contributed by atoms with Crippen LogP contribution < -0.4 is 15.6 Å². The molecule has 0 aliphatic heterocycles. The Kier molecular flexibility index (Phi) is 7.33. The minimum absolute atomic E-state index is 0.00782. The Hall–Kier alpha value is -3.38. The predicted octanol–water partition coefficient (Wildman–Crippen LogP) is 1.25. The van der Waals surface area contributed by atoms with E-state index in [1.165, 1.54) is 18.2 Å². The van der Waals surface area contributed by atoms with Crippen molar-refractivity contribution in [1.82, 2.24) is 15.6 Å². The fraction of sp³-hybridized carbons (Fsp3) is 0.176. The zero-order valence-electron chi connectivity index (χ0n) is 14.9. The van der Waals surface area contributed by atoms with Crippen LogP contribution >= 0.6 is 0 Å². The Morgan fingerprint density at radius 3 is 2.41 bits per heavy atom. The normalized spacial score (nSPS) is 10.9. The van der Waals surface area contributed by atoms with Gasteiger partial charge in [-0.25, -0.2) is 17.5 Å². The molecular formula is C17H17FN4O6S. The number of hydrogen-bond acceptors (Lipinski definition) is 6. The molecule has 154 valence electrons. The van der Waals surface area contributed by atoms with E-state index in [-0.39, 0.29) is 35.5 Å². The van der Waals surface area contributed by atoms with Gasteiger partial charge < -0.3 is 0 Å². The Labute approximate surface area is 165 Å². The molecule has 0 aromatic heterocycles. The number of halogens is 1. The standard InChI is InChI=1S/C17H17FN4O6S/c18-13-6-8-15(9-7-13)29(27,28)19-10-2-5-16(23)20-21-17(24)12-3-1-4-14(11-12)22(25)26/h1,3-4,6-9,11,19H,2,5,10H2,(H,20,23)(H,21,24). The van der Waals surface area contributed by atoms with Crippen LogP contribution in [0, 0.1) is 15.9 Å². The minimum Gasteiger partial charge on any atom is -0.273 e. The first-order chi connectivity index (χ1) is 13.7. The fourth-order valence-corrected chi connectivity index (χ4v) is 3.25. The molecule has 29 heavy (non-hydrogen) atoms. The third kappa shape index (κ3) is 6.62. The SMILES string of the molecule is O=C(CCCNS(=O)(=O)c1ccc(F)cc1)NNC(=O)c1cccc([N+](=O)[O-])c1. The second kappa shape index (κ2) is 9.71. The summed E-state index contributed by atoms with van der Waals surface area (Å²) in [5.41, 5.74) is 3.98. The molecule has 2 amide bonds. The highest BCUT2D eigenvalue weighted by Gasteiger charge is 2.14. The molecule has 0 aliphatic rings. The van der Waals surface area contributed by atoms with Gasteiger partial charge in [0.05, 0.1) is 9.82 Å². The Bertz CT molecular complexity index is 1010. The highest BCUT2D eigenvalue weighted by Crippen LogP contribution is 2.12. The van der Waals surface area contributed by atoms with Gasteiger partial charge >= 0.3 is 0 Å². The number of sulfonamides is 1. The van der Waals surface area contributed by atoms with Crippen LogP contribution in [-0.4, -0.2) is 31.7 Å². The van der Waals surface area contributed by atoms with Gasteiger partial charge in [0.25, 0.3) is 11.6 Å². The molecule has 0 saturated carbocycles. The van der Waals surface area contributed by atoms with Crippen molar-refractivity contribution in [1.29, 1.82) is 0 Å². The summed E-state index contributed by atoms with van der Waals surface area (Å²) >= 11 is 0. The number of hydrazine groups is 1. The van der Waals surface area contributed by atoms with Crippen molar-refractivity contribution >= 4 is 27.5 Å². The molecular weight excluding hydrogens is 407 g/mol. The van der Waals surface area contributed by atoms with E-state index in [1.807, 2.05) is 0 Å². The molecule has 0 saturated heterocycles. The number of non-ortho nitro benzene ring substituents is 1. The van der Waals surface area contributed by atoms with Crippen LogP contribution in [0.3, 0.4) is 0 Å². The van der Waals surface area contributed by atoms with Gasteiger partial charge in [-0.2, -0.15) is 0 Å². The molecule has 10 nitrogen and oxygen atoms in total. The maximum Gasteiger partial charge on any atom is 0.270 e. The third-order valence-corrected chi connectivity index (χ3v) is 5.11. The molecule has 0 atom stereocenters. The lowest BCUT2D eigenvalue weighted by molar-refractivity contribution is -0.384. The zero-order chi connectivity index (χ0) is 21.4. The Morgan fingerprint density at radius 1 is 1.07 bits per heavy atom. The predicted molar refractivity (Wildman–Crippen MR) is 99.5 cm³/mol. The van der Waals surface area contributed by atoms with Gasteiger partial charge in [-0.05, 0) is 36.8 Å². The second-order valence-electron chi connectivity index (χ2n) is 5.76. The van der Waals surface area contributed by atoms with Crippen molar-refractivity contribution < 1.29 is 27.3 Å². The smallest absolute Gasteiger partial charge is 0.270 e. The van der Waals surface area contributed by atoms with E-state index in [4.69, 9.17) is 0 Å². The van der Waals surface area contributed by atoms with E-state index in [9.17, 15) is 32.5 Å². The number of nitrogens with zero attached hydrogens (tertiary/aromatic N) is 1. The summed E-state index contributed by atoms with van der Waals surface area (Å²) in [7, 11) is -3.82. The summed E-state index contributed by atoms with van der Waals surface area (Å²) in [6.07, 6.45) is 0.0418. The summed E-state index contributed by atoms with van der Waals surface area (Å²) in [5.74, 6) is -1.88. The lowest BCUT2D eigenvalue weighted by Crippen LogP contribution is -2.41. The average molecular weight is 424 g/mol. The summed E-state index contributed by atoms with van der Waals surface area (Å²) < 4.78 is 39.1. The second-order valence-corrected chi connectivity index (χ2v) is 7.53. The maximum absolute atomic E-state index is 12.8. The highest BCUT2D eigenvalue weighted by atomic mass is 32.2. The molecule has 3 N–H and O–H groups in total. The van der Waals surface area contributed by atoms with Gasteiger partial charge in [-0.3, -0.25) is 30.6 Å². The number of hydrogen-bond donors (Lipinski definition) is 3. The number of amides is 2. The van der Waals surface area contributed by atoms with Crippen molar-refractivity contribution in [2.24, 2.45) is 0 Å². The van der Waals surface area contributed by atoms with Crippen LogP contribution in [0.25, 0.3) is 0 Å². The number of carbonyl (C=O) groups is 2. The van der Waals surface area contributed by atoms with E-state index in [2.05, 4.69) is 15.6 Å². The molecule has 0 heterocycles. The number of rotatable bonds is 8. The Balaban J connectivity index is 1.74. The summed E-state index contributed by atoms with van der Waals surface area (Å²) in [4.78, 5) is 33.6. The number of benzene rings is 2. The molecule has 0 spiro atoms. The minimum atomic E-state index is -3.82. The van der Waals surface area contributed by atoms with Crippen LogP contribution in [0.15, 0.2) is 53.4 Å². The van der Waals surface area contributed by atoms with Crippen molar-refractivity contribution in [2.75, 3.05) is 6.54 Å². The molecule has 0 aliphatic carbocycles. The van der Waals surface area contributed by atoms with E-state index in [0.717, 1.165) is 30.3 Å². The maximum atomic E-state index is 12.8. The molecule has 2 aromatic rings. The van der Waals surface area contributed by atoms with Crippen molar-refractivity contribution in [3.8, 4) is 0 Å². The van der Waals surface area contributed by atoms with E-state index < -0.39 is 32.6 Å². The first-order valence-electron chi connectivity index (χ1n) is 8.28. The molecule has 2 rings (SSSR count). The van der Waals surface area contributed by atoms with Crippen molar-refractivity contribution in [3.05, 3.63) is 70.0 Å². The van der Waals surface area contributed by atoms with Gasteiger partial charge in [-0.1, -0.05) is 6.07 Å². The van der Waals surface area contributed by atoms with Crippen molar-refractivity contribution in [2.45, 2.75) is 17.7 Å². The van der Waals surface area contributed by atoms with E-state index >= 15 is 0 Å². The summed E-state index contributed by atoms with van der Waals surface area (Å²) in [6.45, 7) is -0.0496. The number of nitro groups is 1. The van der Waals surface area contributed by atoms with Crippen molar-refractivity contribution in [3.63, 3.8) is 0 Å². The summed E-state index contributed by atoms with van der Waals surface area (Å²) in [6, 6.07) is 9.24. The van der Waals surface area contributed by atoms with Gasteiger partial charge in [-0.15, -0.1) is 0 Å². The zero-order valence-corrected chi connectivity index (χ0v) is 15.7. The number of carbonyl (C=O) groups excluding carboxylic acids is 2. The molecule has 0 bridgehead atoms. The van der Waals surface area contributed by atoms with Gasteiger partial charge in [0, 0.05) is 30.7 Å². The van der Waals surface area contributed by atoms with Gasteiger partial charge in [0.1, 0.15) is 5.82 Å². The monoisotopic (exact) mass is 424 g/mol. The molecule has 0 radical (unpaired) electrons. The van der Waals surface area contributed by atoms with E-state index in [1.54, 1.807) is 0 Å². The quantitative estimate of drug-likeness (QED) is 0.330. The van der Waals surface area contributed by atoms with Crippen LogP contribution in [-0.2, 0) is 14.8 Å². The van der Waals surface area contributed by atoms with Gasteiger partial charge in [0.2, 0.25) is 15.9 Å². The van der Waals surface area contributed by atoms with Crippen LogP contribution in [0.4, 0.5) is 10.1 Å². The van der Waals surface area contributed by atoms with Crippen LogP contribution in [0.1, 0.15) is 23.2 Å². The molecule has 12 heteroatoms. The topological polar surface area (TPSA) is 148 Å². The average Bonchev–Trinajstić information content (AvgIpc) is 2.69. The third-order valence-electron chi connectivity index (χ3n) is 3.63. The lowest BCUT2D eigenvalue weighted by Gasteiger charge is -2.08. The first kappa shape index (κ1) is 21.9. The van der Waals surface area contributed by atoms with Crippen LogP contribution in [0.5, 0.6) is 0 Å². The molecule has 2 aromatic carbocycles. The molecule has 0 fully saturated rings. The number of nitrogens with one attached hydrogen (secondary N) is 3. The number of nitro benzene ring substituents is 1. The van der Waals surface area contributed by atoms with Gasteiger partial charge in [0.15, 0.2) is 0 Å². The Morgan fingerprint density at radius 2 is 1.76 bits per heavy atom.